The molecule has 1 aromatic carbocycles. The van der Waals surface area contributed by atoms with Crippen LogP contribution in [0.5, 0.6) is 0 Å². The van der Waals surface area contributed by atoms with Gasteiger partial charge in [-0.3, -0.25) is 4.79 Å². The highest BCUT2D eigenvalue weighted by Gasteiger charge is 2.37. The SMILES string of the molecule is Cn1c(C2CC2)cc2ccc(S(=O)(=O)NC3CCC(C(=O)N4CCCC(C(C)(C)O)C4)CC3)cc21. The van der Waals surface area contributed by atoms with Gasteiger partial charge in [-0.05, 0) is 94.7 Å². The molecule has 3 fully saturated rings. The highest BCUT2D eigenvalue weighted by molar-refractivity contribution is 7.89. The van der Waals surface area contributed by atoms with E-state index in [1.54, 1.807) is 12.1 Å². The minimum atomic E-state index is -3.63. The third-order valence-electron chi connectivity index (χ3n) is 8.49. The molecule has 1 saturated heterocycles. The van der Waals surface area contributed by atoms with Gasteiger partial charge in [-0.25, -0.2) is 13.1 Å². The number of nitrogens with one attached hydrogen (secondary N) is 1. The van der Waals surface area contributed by atoms with E-state index < -0.39 is 15.6 Å². The second-order valence-corrected chi connectivity index (χ2v) is 13.3. The number of carbonyl (C=O) groups is 1. The molecule has 1 aromatic heterocycles. The van der Waals surface area contributed by atoms with Crippen molar-refractivity contribution >= 4 is 26.8 Å². The zero-order valence-electron chi connectivity index (χ0n) is 21.2. The Kier molecular flexibility index (Phi) is 6.51. The number of aromatic nitrogens is 1. The summed E-state index contributed by atoms with van der Waals surface area (Å²) in [7, 11) is -1.61. The summed E-state index contributed by atoms with van der Waals surface area (Å²) in [5.41, 5.74) is 1.46. The molecule has 3 aliphatic rings. The van der Waals surface area contributed by atoms with Crippen LogP contribution in [0.4, 0.5) is 0 Å². The van der Waals surface area contributed by atoms with E-state index in [-0.39, 0.29) is 23.8 Å². The van der Waals surface area contributed by atoms with Crippen LogP contribution in [0.25, 0.3) is 10.9 Å². The topological polar surface area (TPSA) is 91.6 Å². The molecule has 1 atom stereocenters. The second-order valence-electron chi connectivity index (χ2n) is 11.6. The van der Waals surface area contributed by atoms with Gasteiger partial charge in [0.15, 0.2) is 0 Å². The molecule has 1 unspecified atom stereocenters. The number of carbonyl (C=O) groups excluding carboxylic acids is 1. The Morgan fingerprint density at radius 3 is 2.43 bits per heavy atom. The largest absolute Gasteiger partial charge is 0.390 e. The molecule has 1 aliphatic heterocycles. The highest BCUT2D eigenvalue weighted by Crippen LogP contribution is 2.42. The molecule has 192 valence electrons. The molecule has 2 saturated carbocycles. The molecule has 2 aromatic rings. The molecule has 0 bridgehead atoms. The summed E-state index contributed by atoms with van der Waals surface area (Å²) in [5.74, 6) is 0.817. The number of aryl methyl sites for hydroxylation is 1. The highest BCUT2D eigenvalue weighted by atomic mass is 32.2. The number of sulfonamides is 1. The average molecular weight is 502 g/mol. The first kappa shape index (κ1) is 24.8. The van der Waals surface area contributed by atoms with Crippen molar-refractivity contribution in [2.75, 3.05) is 13.1 Å². The van der Waals surface area contributed by atoms with Crippen LogP contribution < -0.4 is 4.72 Å². The van der Waals surface area contributed by atoms with Crippen molar-refractivity contribution in [3.05, 3.63) is 30.0 Å². The number of piperidine rings is 1. The maximum atomic E-state index is 13.2. The number of benzene rings is 1. The number of rotatable bonds is 6. The monoisotopic (exact) mass is 501 g/mol. The van der Waals surface area contributed by atoms with E-state index in [1.165, 1.54) is 18.5 Å². The average Bonchev–Trinajstić information content (AvgIpc) is 3.62. The lowest BCUT2D eigenvalue weighted by Crippen LogP contribution is -2.49. The third-order valence-corrected chi connectivity index (χ3v) is 10.0. The fourth-order valence-corrected chi connectivity index (χ4v) is 7.35. The first-order valence-corrected chi connectivity index (χ1v) is 14.6. The Hall–Kier alpha value is -1.90. The maximum Gasteiger partial charge on any atom is 0.240 e. The lowest BCUT2D eigenvalue weighted by atomic mass is 9.82. The zero-order chi connectivity index (χ0) is 25.0. The number of amides is 1. The molecule has 7 nitrogen and oxygen atoms in total. The van der Waals surface area contributed by atoms with E-state index in [4.69, 9.17) is 0 Å². The Labute approximate surface area is 208 Å². The fourth-order valence-electron chi connectivity index (χ4n) is 6.03. The summed E-state index contributed by atoms with van der Waals surface area (Å²) in [6.07, 6.45) is 6.99. The van der Waals surface area contributed by atoms with Gasteiger partial charge in [0.1, 0.15) is 0 Å². The molecule has 2 N–H and O–H groups in total. The first-order chi connectivity index (χ1) is 16.5. The van der Waals surface area contributed by atoms with Crippen LogP contribution in [0.3, 0.4) is 0 Å². The van der Waals surface area contributed by atoms with E-state index in [1.807, 2.05) is 31.9 Å². The number of aliphatic hydroxyl groups is 1. The molecule has 0 radical (unpaired) electrons. The van der Waals surface area contributed by atoms with Crippen molar-refractivity contribution in [1.29, 1.82) is 0 Å². The van der Waals surface area contributed by atoms with Crippen LogP contribution in [-0.2, 0) is 21.9 Å². The van der Waals surface area contributed by atoms with Gasteiger partial charge in [0, 0.05) is 49.2 Å². The van der Waals surface area contributed by atoms with Crippen molar-refractivity contribution in [2.24, 2.45) is 18.9 Å². The van der Waals surface area contributed by atoms with Crippen molar-refractivity contribution < 1.29 is 18.3 Å². The fraction of sp³-hybridized carbons (Fsp3) is 0.667. The van der Waals surface area contributed by atoms with Crippen LogP contribution >= 0.6 is 0 Å². The van der Waals surface area contributed by atoms with Gasteiger partial charge in [0.05, 0.1) is 10.5 Å². The van der Waals surface area contributed by atoms with Gasteiger partial charge >= 0.3 is 0 Å². The first-order valence-electron chi connectivity index (χ1n) is 13.2. The Bertz CT molecular complexity index is 1200. The summed E-state index contributed by atoms with van der Waals surface area (Å²) in [6, 6.07) is 7.42. The molecular formula is C27H39N3O4S. The van der Waals surface area contributed by atoms with Crippen molar-refractivity contribution in [2.45, 2.75) is 87.7 Å². The van der Waals surface area contributed by atoms with Crippen molar-refractivity contribution in [1.82, 2.24) is 14.2 Å². The molecule has 2 heterocycles. The molecule has 1 amide bonds. The number of likely N-dealkylation sites (tertiary alicyclic amines) is 1. The van der Waals surface area contributed by atoms with E-state index in [2.05, 4.69) is 15.4 Å². The molecule has 2 aliphatic carbocycles. The second kappa shape index (κ2) is 9.20. The molecule has 8 heteroatoms. The normalized spacial score (nSPS) is 26.3. The quantitative estimate of drug-likeness (QED) is 0.628. The van der Waals surface area contributed by atoms with E-state index >= 15 is 0 Å². The van der Waals surface area contributed by atoms with E-state index in [0.717, 1.165) is 30.3 Å². The Balaban J connectivity index is 1.20. The van der Waals surface area contributed by atoms with Gasteiger partial charge in [0.2, 0.25) is 15.9 Å². The lowest BCUT2D eigenvalue weighted by molar-refractivity contribution is -0.140. The summed E-state index contributed by atoms with van der Waals surface area (Å²) >= 11 is 0. The molecule has 5 rings (SSSR count). The van der Waals surface area contributed by atoms with Gasteiger partial charge in [-0.2, -0.15) is 0 Å². The van der Waals surface area contributed by atoms with Crippen LogP contribution in [-0.4, -0.2) is 53.6 Å². The van der Waals surface area contributed by atoms with Gasteiger partial charge in [-0.1, -0.05) is 6.07 Å². The molecular weight excluding hydrogens is 462 g/mol. The van der Waals surface area contributed by atoms with E-state index in [9.17, 15) is 18.3 Å². The summed E-state index contributed by atoms with van der Waals surface area (Å²) in [6.45, 7) is 5.01. The minimum Gasteiger partial charge on any atom is -0.390 e. The molecule has 0 spiro atoms. The van der Waals surface area contributed by atoms with Crippen molar-refractivity contribution in [3.63, 3.8) is 0 Å². The van der Waals surface area contributed by atoms with Crippen LogP contribution in [0.15, 0.2) is 29.2 Å². The summed E-state index contributed by atoms with van der Waals surface area (Å²) < 4.78 is 31.4. The van der Waals surface area contributed by atoms with Gasteiger partial charge < -0.3 is 14.6 Å². The zero-order valence-corrected chi connectivity index (χ0v) is 22.0. The molecule has 35 heavy (non-hydrogen) atoms. The predicted octanol–water partition coefficient (Wildman–Crippen LogP) is 3.90. The van der Waals surface area contributed by atoms with Crippen LogP contribution in [0.2, 0.25) is 0 Å². The number of fused-ring (bicyclic) bond motifs is 1. The third kappa shape index (κ3) is 5.16. The maximum absolute atomic E-state index is 13.2. The van der Waals surface area contributed by atoms with Gasteiger partial charge in [0.25, 0.3) is 0 Å². The number of nitrogens with zero attached hydrogens (tertiary/aromatic N) is 2. The predicted molar refractivity (Wildman–Crippen MR) is 137 cm³/mol. The van der Waals surface area contributed by atoms with Gasteiger partial charge in [-0.15, -0.1) is 0 Å². The summed E-state index contributed by atoms with van der Waals surface area (Å²) in [4.78, 5) is 15.4. The van der Waals surface area contributed by atoms with E-state index in [0.29, 0.717) is 43.0 Å². The smallest absolute Gasteiger partial charge is 0.240 e. The van der Waals surface area contributed by atoms with Crippen molar-refractivity contribution in [3.8, 4) is 0 Å². The minimum absolute atomic E-state index is 0.0585. The van der Waals surface area contributed by atoms with Crippen LogP contribution in [0, 0.1) is 11.8 Å². The lowest BCUT2D eigenvalue weighted by Gasteiger charge is -2.40. The summed E-state index contributed by atoms with van der Waals surface area (Å²) in [5, 5.41) is 11.5. The number of hydrogen-bond acceptors (Lipinski definition) is 4. The van der Waals surface area contributed by atoms with Crippen LogP contribution in [0.1, 0.15) is 76.8 Å². The standard InChI is InChI=1S/C27H39N3O4S/c1-27(2,32)21-5-4-14-30(17-21)26(31)19-8-11-22(12-9-19)28-35(33,34)23-13-10-20-15-24(18-6-7-18)29(3)25(20)16-23/h10,13,15-16,18-19,21-22,28,32H,4-9,11-12,14,17H2,1-3H3. The Morgan fingerprint density at radius 1 is 1.06 bits per heavy atom. The Morgan fingerprint density at radius 2 is 1.77 bits per heavy atom. The number of hydrogen-bond donors (Lipinski definition) is 2.